The second-order valence-electron chi connectivity index (χ2n) is 4.65. The summed E-state index contributed by atoms with van der Waals surface area (Å²) in [6, 6.07) is 3.80. The highest BCUT2D eigenvalue weighted by Crippen LogP contribution is 2.30. The van der Waals surface area contributed by atoms with Crippen LogP contribution < -0.4 is 15.9 Å². The van der Waals surface area contributed by atoms with E-state index in [4.69, 9.17) is 10.6 Å². The Bertz CT molecular complexity index is 841. The Kier molecular flexibility index (Phi) is 5.54. The quantitative estimate of drug-likeness (QED) is 0.328. The largest absolute Gasteiger partial charge is 0.496 e. The van der Waals surface area contributed by atoms with Crippen molar-refractivity contribution in [2.24, 2.45) is 0 Å². The van der Waals surface area contributed by atoms with Gasteiger partial charge in [-0.25, -0.2) is 4.68 Å². The van der Waals surface area contributed by atoms with Gasteiger partial charge < -0.3 is 15.9 Å². The van der Waals surface area contributed by atoms with Crippen molar-refractivity contribution in [3.8, 4) is 5.75 Å². The summed E-state index contributed by atoms with van der Waals surface area (Å²) in [6.07, 6.45) is -4.79. The van der Waals surface area contributed by atoms with Crippen molar-refractivity contribution in [2.45, 2.75) is 11.3 Å². The molecule has 0 saturated carbocycles. The third kappa shape index (κ3) is 4.33. The van der Waals surface area contributed by atoms with E-state index in [0.29, 0.717) is 11.8 Å². The first-order valence-corrected chi connectivity index (χ1v) is 7.64. The van der Waals surface area contributed by atoms with E-state index >= 15 is 0 Å². The van der Waals surface area contributed by atoms with E-state index in [0.717, 1.165) is 6.07 Å². The maximum Gasteiger partial charge on any atom is 0.453 e. The van der Waals surface area contributed by atoms with Gasteiger partial charge in [0, 0.05) is 0 Å². The van der Waals surface area contributed by atoms with Gasteiger partial charge >= 0.3 is 6.18 Å². The molecule has 0 unspecified atom stereocenters. The lowest BCUT2D eigenvalue weighted by molar-refractivity contribution is -0.384. The molecule has 26 heavy (non-hydrogen) atoms. The van der Waals surface area contributed by atoms with Gasteiger partial charge in [0.05, 0.1) is 23.9 Å². The van der Waals surface area contributed by atoms with E-state index in [1.54, 1.807) is 0 Å². The van der Waals surface area contributed by atoms with Crippen molar-refractivity contribution < 1.29 is 27.6 Å². The zero-order valence-electron chi connectivity index (χ0n) is 13.0. The Labute approximate surface area is 147 Å². The summed E-state index contributed by atoms with van der Waals surface area (Å²) in [5, 5.41) is 19.2. The number of methoxy groups -OCH3 is 1. The molecule has 1 aromatic carbocycles. The molecule has 3 N–H and O–H groups in total. The number of thioether (sulfide) groups is 1. The summed E-state index contributed by atoms with van der Waals surface area (Å²) < 4.78 is 42.8. The average molecular weight is 392 g/mol. The maximum atomic E-state index is 12.6. The van der Waals surface area contributed by atoms with E-state index in [-0.39, 0.29) is 21.3 Å². The molecular weight excluding hydrogens is 381 g/mol. The van der Waals surface area contributed by atoms with Crippen molar-refractivity contribution >= 4 is 29.0 Å². The van der Waals surface area contributed by atoms with Gasteiger partial charge in [-0.2, -0.15) is 13.2 Å². The Morgan fingerprint density at radius 1 is 1.46 bits per heavy atom. The highest BCUT2D eigenvalue weighted by atomic mass is 32.2. The van der Waals surface area contributed by atoms with E-state index in [1.807, 2.05) is 0 Å². The van der Waals surface area contributed by atoms with Gasteiger partial charge in [-0.05, 0) is 12.1 Å². The number of amides is 1. The first-order chi connectivity index (χ1) is 12.1. The van der Waals surface area contributed by atoms with Crippen LogP contribution in [-0.2, 0) is 11.0 Å². The van der Waals surface area contributed by atoms with Crippen LogP contribution in [0, 0.1) is 10.1 Å². The number of nitrogens with zero attached hydrogens (tertiary/aromatic N) is 4. The standard InChI is InChI=1S/C12H11F3N6O4S/c1-25-6-2-3-7(8(4-6)21(23)24)17-9(22)5-26-11-19-18-10(20(11)16)12(13,14)15/h2-4H,5,16H2,1H3,(H,17,22). The summed E-state index contributed by atoms with van der Waals surface area (Å²) in [6.45, 7) is 0. The van der Waals surface area contributed by atoms with Crippen molar-refractivity contribution in [3.05, 3.63) is 34.1 Å². The Balaban J connectivity index is 2.06. The van der Waals surface area contributed by atoms with Crippen LogP contribution in [0.15, 0.2) is 23.4 Å². The van der Waals surface area contributed by atoms with Gasteiger partial charge in [0.1, 0.15) is 11.4 Å². The number of carbonyl (C=O) groups is 1. The van der Waals surface area contributed by atoms with Crippen molar-refractivity contribution in [3.63, 3.8) is 0 Å². The normalized spacial score (nSPS) is 11.2. The van der Waals surface area contributed by atoms with Crippen LogP contribution in [0.25, 0.3) is 0 Å². The average Bonchev–Trinajstić information content (AvgIpc) is 2.94. The molecule has 0 fully saturated rings. The van der Waals surface area contributed by atoms with E-state index in [1.165, 1.54) is 19.2 Å². The van der Waals surface area contributed by atoms with E-state index in [9.17, 15) is 28.1 Å². The van der Waals surface area contributed by atoms with Crippen LogP contribution in [0.2, 0.25) is 0 Å². The monoisotopic (exact) mass is 392 g/mol. The van der Waals surface area contributed by atoms with Crippen LogP contribution in [0.1, 0.15) is 5.82 Å². The lowest BCUT2D eigenvalue weighted by Crippen LogP contribution is -2.22. The van der Waals surface area contributed by atoms with Crippen LogP contribution in [0.5, 0.6) is 5.75 Å². The van der Waals surface area contributed by atoms with Crippen molar-refractivity contribution in [1.29, 1.82) is 0 Å². The molecule has 0 aliphatic heterocycles. The van der Waals surface area contributed by atoms with Crippen LogP contribution in [0.4, 0.5) is 24.5 Å². The number of anilines is 1. The third-order valence-corrected chi connectivity index (χ3v) is 3.87. The second kappa shape index (κ2) is 7.47. The number of rotatable bonds is 6. The molecule has 0 bridgehead atoms. The summed E-state index contributed by atoms with van der Waals surface area (Å²) in [5.74, 6) is 2.95. The number of aromatic nitrogens is 3. The molecule has 0 aliphatic carbocycles. The van der Waals surface area contributed by atoms with Crippen LogP contribution in [-0.4, -0.2) is 38.6 Å². The number of nitro benzene ring substituents is 1. The number of carbonyl (C=O) groups excluding carboxylic acids is 1. The Hall–Kier alpha value is -3.03. The number of alkyl halides is 3. The van der Waals surface area contributed by atoms with Gasteiger partial charge in [0.15, 0.2) is 0 Å². The number of benzene rings is 1. The molecule has 14 heteroatoms. The van der Waals surface area contributed by atoms with Gasteiger partial charge in [-0.1, -0.05) is 11.8 Å². The number of nitrogen functional groups attached to an aromatic ring is 1. The molecule has 10 nitrogen and oxygen atoms in total. The molecule has 0 radical (unpaired) electrons. The predicted octanol–water partition coefficient (Wildman–Crippen LogP) is 1.66. The lowest BCUT2D eigenvalue weighted by atomic mass is 10.2. The highest BCUT2D eigenvalue weighted by Gasteiger charge is 2.38. The first kappa shape index (κ1) is 19.3. The molecule has 2 aromatic rings. The predicted molar refractivity (Wildman–Crippen MR) is 84.2 cm³/mol. The molecule has 0 saturated heterocycles. The number of nitro groups is 1. The minimum Gasteiger partial charge on any atom is -0.496 e. The summed E-state index contributed by atoms with van der Waals surface area (Å²) in [5.41, 5.74) is -0.490. The van der Waals surface area contributed by atoms with Crippen molar-refractivity contribution in [2.75, 3.05) is 24.0 Å². The molecule has 0 aliphatic rings. The zero-order valence-corrected chi connectivity index (χ0v) is 13.8. The first-order valence-electron chi connectivity index (χ1n) is 6.66. The third-order valence-electron chi connectivity index (χ3n) is 2.93. The molecule has 140 valence electrons. The number of halogens is 3. The summed E-state index contributed by atoms with van der Waals surface area (Å²) >= 11 is 0.591. The van der Waals surface area contributed by atoms with E-state index < -0.39 is 34.3 Å². The minimum absolute atomic E-state index is 0.0911. The zero-order chi connectivity index (χ0) is 19.5. The molecule has 1 aromatic heterocycles. The lowest BCUT2D eigenvalue weighted by Gasteiger charge is -2.08. The van der Waals surface area contributed by atoms with Crippen LogP contribution >= 0.6 is 11.8 Å². The number of hydrogen-bond donors (Lipinski definition) is 2. The van der Waals surface area contributed by atoms with Crippen LogP contribution in [0.3, 0.4) is 0 Å². The highest BCUT2D eigenvalue weighted by molar-refractivity contribution is 7.99. The van der Waals surface area contributed by atoms with Gasteiger partial charge in [0.25, 0.3) is 11.5 Å². The van der Waals surface area contributed by atoms with Gasteiger partial charge in [0.2, 0.25) is 11.1 Å². The number of nitrogens with two attached hydrogens (primary N) is 1. The molecule has 1 heterocycles. The SMILES string of the molecule is COc1ccc(NC(=O)CSc2nnc(C(F)(F)F)n2N)c([N+](=O)[O-])c1. The molecule has 1 amide bonds. The number of nitrogens with one attached hydrogen (secondary N) is 1. The molecular formula is C12H11F3N6O4S. The summed E-state index contributed by atoms with van der Waals surface area (Å²) in [7, 11) is 1.33. The van der Waals surface area contributed by atoms with Gasteiger partial charge in [-0.15, -0.1) is 10.2 Å². The Morgan fingerprint density at radius 2 is 2.15 bits per heavy atom. The fourth-order valence-corrected chi connectivity index (χ4v) is 2.44. The Morgan fingerprint density at radius 3 is 2.69 bits per heavy atom. The second-order valence-corrected chi connectivity index (χ2v) is 5.59. The van der Waals surface area contributed by atoms with Gasteiger partial charge in [-0.3, -0.25) is 14.9 Å². The number of ether oxygens (including phenoxy) is 1. The van der Waals surface area contributed by atoms with Crippen molar-refractivity contribution in [1.82, 2.24) is 14.9 Å². The molecule has 2 rings (SSSR count). The van der Waals surface area contributed by atoms with E-state index in [2.05, 4.69) is 15.5 Å². The minimum atomic E-state index is -4.79. The molecule has 0 atom stereocenters. The fourth-order valence-electron chi connectivity index (χ4n) is 1.78. The topological polar surface area (TPSA) is 138 Å². The smallest absolute Gasteiger partial charge is 0.453 e. The summed E-state index contributed by atoms with van der Waals surface area (Å²) in [4.78, 5) is 22.3. The molecule has 0 spiro atoms. The fraction of sp³-hybridized carbons (Fsp3) is 0.250. The maximum absolute atomic E-state index is 12.6. The number of hydrogen-bond acceptors (Lipinski definition) is 8.